The first kappa shape index (κ1) is 21.0. The summed E-state index contributed by atoms with van der Waals surface area (Å²) < 4.78 is 5.00. The Hall–Kier alpha value is -2.30. The first-order valence-corrected chi connectivity index (χ1v) is 10.7. The van der Waals surface area contributed by atoms with Gasteiger partial charge in [0.25, 0.3) is 0 Å². The van der Waals surface area contributed by atoms with E-state index in [0.29, 0.717) is 18.6 Å². The fraction of sp³-hybridized carbons (Fsp3) is 0.500. The van der Waals surface area contributed by atoms with Crippen molar-refractivity contribution >= 4 is 0 Å². The quantitative estimate of drug-likeness (QED) is 0.766. The maximum absolute atomic E-state index is 10.1. The molecule has 2 aliphatic rings. The zero-order valence-electron chi connectivity index (χ0n) is 17.6. The van der Waals surface area contributed by atoms with Gasteiger partial charge in [-0.1, -0.05) is 24.0 Å². The van der Waals surface area contributed by atoms with Crippen LogP contribution in [0.4, 0.5) is 0 Å². The summed E-state index contributed by atoms with van der Waals surface area (Å²) in [5, 5.41) is 10.1. The molecule has 0 aliphatic carbocycles. The Morgan fingerprint density at radius 3 is 2.63 bits per heavy atom. The van der Waals surface area contributed by atoms with Gasteiger partial charge in [-0.2, -0.15) is 0 Å². The summed E-state index contributed by atoms with van der Waals surface area (Å²) in [7, 11) is 1.65. The molecule has 3 heterocycles. The molecule has 0 bridgehead atoms. The fourth-order valence-corrected chi connectivity index (χ4v) is 4.82. The molecule has 1 aromatic heterocycles. The Labute approximate surface area is 178 Å². The lowest BCUT2D eigenvalue weighted by Gasteiger charge is -2.57. The molecule has 6 heteroatoms. The molecule has 2 fully saturated rings. The van der Waals surface area contributed by atoms with Crippen LogP contribution in [0.1, 0.15) is 35.4 Å². The van der Waals surface area contributed by atoms with Gasteiger partial charge in [0.2, 0.25) is 0 Å². The second kappa shape index (κ2) is 10.1. The molecule has 2 aromatic rings. The van der Waals surface area contributed by atoms with E-state index in [1.165, 1.54) is 12.0 Å². The monoisotopic (exact) mass is 406 g/mol. The minimum atomic E-state index is 0.195. The van der Waals surface area contributed by atoms with Crippen molar-refractivity contribution in [3.63, 3.8) is 0 Å². The van der Waals surface area contributed by atoms with Crippen molar-refractivity contribution in [2.45, 2.75) is 37.4 Å². The number of methoxy groups -OCH3 is 1. The highest BCUT2D eigenvalue weighted by atomic mass is 16.5. The third kappa shape index (κ3) is 4.71. The number of aromatic nitrogens is 2. The second-order valence-corrected chi connectivity index (χ2v) is 8.13. The van der Waals surface area contributed by atoms with E-state index < -0.39 is 0 Å². The predicted molar refractivity (Wildman–Crippen MR) is 116 cm³/mol. The standard InChI is InChI=1S/C24H30N4O2/c1-30-12-4-5-19-6-8-21(9-7-19)24-22-16-27(15-20-13-25-18-26-14-20)10-2-3-11-28(22)23(24)17-29/h6-9,13-14,18,22-24,29H,2-3,10-12,15-17H2,1H3/t22-,23+,24-/m0/s1. The van der Waals surface area contributed by atoms with Gasteiger partial charge in [0.1, 0.15) is 12.9 Å². The van der Waals surface area contributed by atoms with E-state index in [-0.39, 0.29) is 12.6 Å². The molecule has 0 unspecified atom stereocenters. The lowest BCUT2D eigenvalue weighted by Crippen LogP contribution is -2.67. The van der Waals surface area contributed by atoms with Crippen LogP contribution in [0, 0.1) is 11.8 Å². The molecule has 3 atom stereocenters. The number of fused-ring (bicyclic) bond motifs is 1. The number of hydrogen-bond donors (Lipinski definition) is 1. The van der Waals surface area contributed by atoms with Gasteiger partial charge >= 0.3 is 0 Å². The van der Waals surface area contributed by atoms with E-state index in [0.717, 1.165) is 43.7 Å². The van der Waals surface area contributed by atoms with E-state index in [1.54, 1.807) is 13.4 Å². The van der Waals surface area contributed by atoms with E-state index in [9.17, 15) is 5.11 Å². The van der Waals surface area contributed by atoms with Crippen LogP contribution in [0.3, 0.4) is 0 Å². The summed E-state index contributed by atoms with van der Waals surface area (Å²) in [6, 6.07) is 9.12. The Kier molecular flexibility index (Phi) is 7.08. The number of aliphatic hydroxyl groups is 1. The van der Waals surface area contributed by atoms with Crippen molar-refractivity contribution < 1.29 is 9.84 Å². The van der Waals surface area contributed by atoms with Crippen LogP contribution in [0.15, 0.2) is 43.0 Å². The zero-order chi connectivity index (χ0) is 20.8. The summed E-state index contributed by atoms with van der Waals surface area (Å²) in [4.78, 5) is 13.3. The van der Waals surface area contributed by atoms with Crippen LogP contribution in [0.2, 0.25) is 0 Å². The molecule has 0 amide bonds. The number of benzene rings is 1. The molecule has 0 saturated carbocycles. The summed E-state index contributed by atoms with van der Waals surface area (Å²) >= 11 is 0. The molecular formula is C24H30N4O2. The molecule has 2 saturated heterocycles. The SMILES string of the molecule is COCC#Cc1ccc([C@@H]2[C@@H](CO)N3CCCCN(Cc4cncnc4)C[C@@H]23)cc1. The Morgan fingerprint density at radius 2 is 1.90 bits per heavy atom. The lowest BCUT2D eigenvalue weighted by atomic mass is 9.74. The van der Waals surface area contributed by atoms with Crippen molar-refractivity contribution in [3.05, 3.63) is 59.7 Å². The molecule has 6 nitrogen and oxygen atoms in total. The van der Waals surface area contributed by atoms with Crippen molar-refractivity contribution in [2.75, 3.05) is 40.0 Å². The average Bonchev–Trinajstić information content (AvgIpc) is 2.76. The summed E-state index contributed by atoms with van der Waals surface area (Å²) in [6.07, 6.45) is 7.73. The second-order valence-electron chi connectivity index (χ2n) is 8.13. The Morgan fingerprint density at radius 1 is 1.13 bits per heavy atom. The van der Waals surface area contributed by atoms with Crippen molar-refractivity contribution in [3.8, 4) is 11.8 Å². The minimum absolute atomic E-state index is 0.195. The first-order valence-electron chi connectivity index (χ1n) is 10.7. The van der Waals surface area contributed by atoms with E-state index in [4.69, 9.17) is 4.74 Å². The van der Waals surface area contributed by atoms with Crippen molar-refractivity contribution in [1.82, 2.24) is 19.8 Å². The fourth-order valence-electron chi connectivity index (χ4n) is 4.82. The van der Waals surface area contributed by atoms with Gasteiger partial charge < -0.3 is 9.84 Å². The molecule has 158 valence electrons. The van der Waals surface area contributed by atoms with Crippen LogP contribution in [0.25, 0.3) is 0 Å². The summed E-state index contributed by atoms with van der Waals surface area (Å²) in [5.41, 5.74) is 3.44. The number of aliphatic hydroxyl groups excluding tert-OH is 1. The lowest BCUT2D eigenvalue weighted by molar-refractivity contribution is -0.0655. The number of nitrogens with zero attached hydrogens (tertiary/aromatic N) is 4. The predicted octanol–water partition coefficient (Wildman–Crippen LogP) is 1.90. The maximum Gasteiger partial charge on any atom is 0.115 e. The topological polar surface area (TPSA) is 61.7 Å². The molecule has 1 N–H and O–H groups in total. The van der Waals surface area contributed by atoms with Gasteiger partial charge in [-0.3, -0.25) is 9.80 Å². The van der Waals surface area contributed by atoms with Gasteiger partial charge in [-0.05, 0) is 43.6 Å². The van der Waals surface area contributed by atoms with Crippen LogP contribution >= 0.6 is 0 Å². The Balaban J connectivity index is 1.50. The van der Waals surface area contributed by atoms with Crippen molar-refractivity contribution in [2.24, 2.45) is 0 Å². The normalized spacial score (nSPS) is 24.7. The van der Waals surface area contributed by atoms with Gasteiger partial charge in [-0.15, -0.1) is 0 Å². The van der Waals surface area contributed by atoms with Crippen LogP contribution in [0.5, 0.6) is 0 Å². The van der Waals surface area contributed by atoms with Gasteiger partial charge in [-0.25, -0.2) is 9.97 Å². The van der Waals surface area contributed by atoms with E-state index in [1.807, 2.05) is 12.4 Å². The zero-order valence-corrected chi connectivity index (χ0v) is 17.6. The number of rotatable bonds is 5. The average molecular weight is 407 g/mol. The molecule has 1 aromatic carbocycles. The van der Waals surface area contributed by atoms with E-state index >= 15 is 0 Å². The van der Waals surface area contributed by atoms with Crippen LogP contribution in [-0.2, 0) is 11.3 Å². The third-order valence-corrected chi connectivity index (χ3v) is 6.22. The number of hydrogen-bond acceptors (Lipinski definition) is 6. The molecule has 2 aliphatic heterocycles. The minimum Gasteiger partial charge on any atom is -0.395 e. The van der Waals surface area contributed by atoms with Gasteiger partial charge in [0.15, 0.2) is 0 Å². The van der Waals surface area contributed by atoms with E-state index in [2.05, 4.69) is 55.9 Å². The first-order chi connectivity index (χ1) is 14.8. The third-order valence-electron chi connectivity index (χ3n) is 6.22. The maximum atomic E-state index is 10.1. The molecule has 4 rings (SSSR count). The number of ether oxygens (including phenoxy) is 1. The highest BCUT2D eigenvalue weighted by Crippen LogP contribution is 2.42. The highest BCUT2D eigenvalue weighted by Gasteiger charge is 2.48. The largest absolute Gasteiger partial charge is 0.395 e. The van der Waals surface area contributed by atoms with Gasteiger partial charge in [0, 0.05) is 61.7 Å². The molecule has 0 radical (unpaired) electrons. The summed E-state index contributed by atoms with van der Waals surface area (Å²) in [6.45, 7) is 4.65. The smallest absolute Gasteiger partial charge is 0.115 e. The van der Waals surface area contributed by atoms with Gasteiger partial charge in [0.05, 0.1) is 6.61 Å². The Bertz CT molecular complexity index is 862. The van der Waals surface area contributed by atoms with Crippen molar-refractivity contribution in [1.29, 1.82) is 0 Å². The van der Waals surface area contributed by atoms with Crippen LogP contribution < -0.4 is 0 Å². The summed E-state index contributed by atoms with van der Waals surface area (Å²) in [5.74, 6) is 6.46. The highest BCUT2D eigenvalue weighted by molar-refractivity contribution is 5.39. The van der Waals surface area contributed by atoms with Crippen LogP contribution in [-0.4, -0.2) is 76.9 Å². The molecule has 30 heavy (non-hydrogen) atoms. The molecular weight excluding hydrogens is 376 g/mol. The molecule has 0 spiro atoms.